The second-order valence-electron chi connectivity index (χ2n) is 7.31. The number of hydrogen-bond donors (Lipinski definition) is 2. The highest BCUT2D eigenvalue weighted by molar-refractivity contribution is 5.91. The summed E-state index contributed by atoms with van der Waals surface area (Å²) in [5.74, 6) is -0.0887. The van der Waals surface area contributed by atoms with E-state index < -0.39 is 0 Å². The zero-order valence-corrected chi connectivity index (χ0v) is 16.5. The van der Waals surface area contributed by atoms with E-state index >= 15 is 0 Å². The Balaban J connectivity index is 1.61. The minimum Gasteiger partial charge on any atom is -0.372 e. The minimum atomic E-state index is -0.375. The predicted molar refractivity (Wildman–Crippen MR) is 111 cm³/mol. The lowest BCUT2D eigenvalue weighted by Gasteiger charge is -2.28. The number of nitrogens with zero attached hydrogens (tertiary/aromatic N) is 2. The summed E-state index contributed by atoms with van der Waals surface area (Å²) in [5, 5.41) is 12.1. The average molecular weight is 378 g/mol. The van der Waals surface area contributed by atoms with Gasteiger partial charge in [0.1, 0.15) is 11.6 Å². The maximum absolute atomic E-state index is 12.4. The molecule has 0 saturated carbocycles. The van der Waals surface area contributed by atoms with Crippen LogP contribution in [-0.4, -0.2) is 24.0 Å². The molecule has 1 fully saturated rings. The number of nitriles is 1. The van der Waals surface area contributed by atoms with E-state index in [1.165, 1.54) is 24.9 Å². The van der Waals surface area contributed by atoms with Gasteiger partial charge in [-0.25, -0.2) is 0 Å². The molecule has 1 amide bonds. The molecule has 1 aliphatic heterocycles. The van der Waals surface area contributed by atoms with E-state index in [-0.39, 0.29) is 23.5 Å². The van der Waals surface area contributed by atoms with E-state index in [2.05, 4.69) is 27.3 Å². The van der Waals surface area contributed by atoms with Gasteiger partial charge in [-0.2, -0.15) is 5.26 Å². The summed E-state index contributed by atoms with van der Waals surface area (Å²) in [7, 11) is 0. The molecule has 1 aliphatic rings. The number of nitrogens with one attached hydrogen (secondary N) is 2. The summed E-state index contributed by atoms with van der Waals surface area (Å²) in [6.07, 6.45) is 4.52. The van der Waals surface area contributed by atoms with Crippen molar-refractivity contribution >= 4 is 17.3 Å². The zero-order chi connectivity index (χ0) is 20.1. The third-order valence-corrected chi connectivity index (χ3v) is 5.39. The lowest BCUT2D eigenvalue weighted by molar-refractivity contribution is -0.116. The third-order valence-electron chi connectivity index (χ3n) is 5.39. The van der Waals surface area contributed by atoms with Crippen LogP contribution in [0.1, 0.15) is 48.1 Å². The Morgan fingerprint density at radius 1 is 1.18 bits per heavy atom. The molecule has 1 aromatic carbocycles. The van der Waals surface area contributed by atoms with Gasteiger partial charge in [0.2, 0.25) is 5.91 Å². The zero-order valence-electron chi connectivity index (χ0n) is 16.5. The topological polar surface area (TPSA) is 89.0 Å². The Bertz CT molecular complexity index is 948. The summed E-state index contributed by atoms with van der Waals surface area (Å²) in [6.45, 7) is 5.73. The van der Waals surface area contributed by atoms with Crippen LogP contribution in [-0.2, 0) is 11.2 Å². The summed E-state index contributed by atoms with van der Waals surface area (Å²) < 4.78 is 0. The number of pyridine rings is 1. The van der Waals surface area contributed by atoms with Gasteiger partial charge in [0, 0.05) is 36.6 Å². The molecule has 2 aromatic rings. The highest BCUT2D eigenvalue weighted by atomic mass is 16.1. The van der Waals surface area contributed by atoms with Crippen LogP contribution in [0.15, 0.2) is 29.1 Å². The lowest BCUT2D eigenvalue weighted by Crippen LogP contribution is -2.29. The molecule has 0 radical (unpaired) electrons. The standard InChI is InChI=1S/C22H26N4O2/c1-15-19(16(2)24-22(28)20(15)14-23)10-11-21(27)25-17-6-8-18(9-7-17)26-12-4-3-5-13-26/h6-9H,3-5,10-13H2,1-2H3,(H,24,28)(H,25,27). The van der Waals surface area contributed by atoms with Crippen LogP contribution < -0.4 is 15.8 Å². The van der Waals surface area contributed by atoms with Gasteiger partial charge in [-0.3, -0.25) is 9.59 Å². The number of hydrogen-bond acceptors (Lipinski definition) is 4. The van der Waals surface area contributed by atoms with Crippen LogP contribution in [0.2, 0.25) is 0 Å². The fourth-order valence-corrected chi connectivity index (χ4v) is 3.79. The Kier molecular flexibility index (Phi) is 6.15. The van der Waals surface area contributed by atoms with Gasteiger partial charge in [-0.05, 0) is 74.9 Å². The Labute approximate surface area is 165 Å². The van der Waals surface area contributed by atoms with Crippen LogP contribution in [0.5, 0.6) is 0 Å². The number of aromatic amines is 1. The number of benzene rings is 1. The second-order valence-corrected chi connectivity index (χ2v) is 7.31. The van der Waals surface area contributed by atoms with Crippen molar-refractivity contribution in [3.8, 4) is 6.07 Å². The minimum absolute atomic E-state index is 0.0887. The maximum atomic E-state index is 12.4. The first kappa shape index (κ1) is 19.7. The Morgan fingerprint density at radius 2 is 1.86 bits per heavy atom. The molecular weight excluding hydrogens is 352 g/mol. The highest BCUT2D eigenvalue weighted by Gasteiger charge is 2.14. The molecule has 1 aromatic heterocycles. The highest BCUT2D eigenvalue weighted by Crippen LogP contribution is 2.22. The molecule has 146 valence electrons. The van der Waals surface area contributed by atoms with Crippen LogP contribution in [0.3, 0.4) is 0 Å². The summed E-state index contributed by atoms with van der Waals surface area (Å²) in [4.78, 5) is 29.2. The summed E-state index contributed by atoms with van der Waals surface area (Å²) >= 11 is 0. The Morgan fingerprint density at radius 3 is 2.50 bits per heavy atom. The summed E-state index contributed by atoms with van der Waals surface area (Å²) in [6, 6.07) is 9.92. The predicted octanol–water partition coefficient (Wildman–Crippen LogP) is 3.43. The first-order chi connectivity index (χ1) is 13.5. The number of H-pyrrole nitrogens is 1. The average Bonchev–Trinajstić information content (AvgIpc) is 2.69. The smallest absolute Gasteiger partial charge is 0.266 e. The van der Waals surface area contributed by atoms with Gasteiger partial charge in [0.05, 0.1) is 0 Å². The number of rotatable bonds is 5. The number of carbonyl (C=O) groups excluding carboxylic acids is 1. The van der Waals surface area contributed by atoms with E-state index in [0.29, 0.717) is 17.7 Å². The van der Waals surface area contributed by atoms with E-state index in [9.17, 15) is 9.59 Å². The number of aromatic nitrogens is 1. The van der Waals surface area contributed by atoms with Crippen molar-refractivity contribution in [3.63, 3.8) is 0 Å². The van der Waals surface area contributed by atoms with Gasteiger partial charge in [-0.15, -0.1) is 0 Å². The van der Waals surface area contributed by atoms with Gasteiger partial charge in [0.15, 0.2) is 0 Å². The van der Waals surface area contributed by atoms with E-state index in [1.807, 2.05) is 18.2 Å². The van der Waals surface area contributed by atoms with Crippen LogP contribution in [0.25, 0.3) is 0 Å². The maximum Gasteiger partial charge on any atom is 0.266 e. The van der Waals surface area contributed by atoms with Crippen LogP contribution >= 0.6 is 0 Å². The molecule has 2 heterocycles. The van der Waals surface area contributed by atoms with Crippen LogP contribution in [0.4, 0.5) is 11.4 Å². The van der Waals surface area contributed by atoms with Gasteiger partial charge in [-0.1, -0.05) is 0 Å². The number of carbonyl (C=O) groups is 1. The fraction of sp³-hybridized carbons (Fsp3) is 0.409. The molecule has 28 heavy (non-hydrogen) atoms. The molecule has 6 heteroatoms. The third kappa shape index (κ3) is 4.42. The van der Waals surface area contributed by atoms with E-state index in [1.54, 1.807) is 13.8 Å². The SMILES string of the molecule is Cc1[nH]c(=O)c(C#N)c(C)c1CCC(=O)Nc1ccc(N2CCCCC2)cc1. The van der Waals surface area contributed by atoms with Crippen molar-refractivity contribution in [1.29, 1.82) is 5.26 Å². The van der Waals surface area contributed by atoms with Crippen LogP contribution in [0, 0.1) is 25.2 Å². The molecule has 0 aliphatic carbocycles. The van der Waals surface area contributed by atoms with Crippen molar-refractivity contribution in [3.05, 3.63) is 57.0 Å². The van der Waals surface area contributed by atoms with Gasteiger partial charge >= 0.3 is 0 Å². The van der Waals surface area contributed by atoms with Crippen molar-refractivity contribution in [2.24, 2.45) is 0 Å². The van der Waals surface area contributed by atoms with E-state index in [4.69, 9.17) is 5.26 Å². The fourth-order valence-electron chi connectivity index (χ4n) is 3.79. The number of anilines is 2. The molecular formula is C22H26N4O2. The number of piperidine rings is 1. The lowest BCUT2D eigenvalue weighted by atomic mass is 9.99. The second kappa shape index (κ2) is 8.75. The van der Waals surface area contributed by atoms with Crippen molar-refractivity contribution in [2.75, 3.05) is 23.3 Å². The molecule has 2 N–H and O–H groups in total. The van der Waals surface area contributed by atoms with Gasteiger partial charge in [0.25, 0.3) is 5.56 Å². The van der Waals surface area contributed by atoms with Gasteiger partial charge < -0.3 is 15.2 Å². The molecule has 1 saturated heterocycles. The largest absolute Gasteiger partial charge is 0.372 e. The Hall–Kier alpha value is -3.07. The number of aryl methyl sites for hydroxylation is 1. The molecule has 0 atom stereocenters. The molecule has 0 unspecified atom stereocenters. The number of amides is 1. The van der Waals surface area contributed by atoms with Crippen molar-refractivity contribution in [1.82, 2.24) is 4.98 Å². The molecule has 6 nitrogen and oxygen atoms in total. The molecule has 0 spiro atoms. The first-order valence-corrected chi connectivity index (χ1v) is 9.77. The first-order valence-electron chi connectivity index (χ1n) is 9.77. The van der Waals surface area contributed by atoms with Crippen molar-refractivity contribution in [2.45, 2.75) is 46.0 Å². The molecule has 0 bridgehead atoms. The van der Waals surface area contributed by atoms with E-state index in [0.717, 1.165) is 24.3 Å². The molecule has 3 rings (SSSR count). The monoisotopic (exact) mass is 378 g/mol. The summed E-state index contributed by atoms with van der Waals surface area (Å²) in [5.41, 5.74) is 3.93. The van der Waals surface area contributed by atoms with Crippen molar-refractivity contribution < 1.29 is 4.79 Å². The normalized spacial score (nSPS) is 13.8. The quantitative estimate of drug-likeness (QED) is 0.834.